The predicted octanol–water partition coefficient (Wildman–Crippen LogP) is 5.58. The number of allylic oxidation sites excluding steroid dienone is 1. The molecule has 1 heteroatoms. The Kier molecular flexibility index (Phi) is 4.25. The van der Waals surface area contributed by atoms with Gasteiger partial charge in [-0.2, -0.15) is 0 Å². The molecule has 3 fully saturated rings. The second-order valence-corrected chi connectivity index (χ2v) is 9.21. The molecule has 0 radical (unpaired) electrons. The minimum atomic E-state index is -0.0477. The van der Waals surface area contributed by atoms with Crippen LogP contribution in [0.1, 0.15) is 79.1 Å². The highest BCUT2D eigenvalue weighted by molar-refractivity contribution is 5.20. The molecule has 0 amide bonds. The van der Waals surface area contributed by atoms with Gasteiger partial charge in [0, 0.05) is 0 Å². The Hall–Kier alpha value is -0.300. The largest absolute Gasteiger partial charge is 0.393 e. The van der Waals surface area contributed by atoms with Crippen LogP contribution in [0.15, 0.2) is 12.2 Å². The smallest absolute Gasteiger partial charge is 0.0543 e. The lowest BCUT2D eigenvalue weighted by Crippen LogP contribution is -2.49. The van der Waals surface area contributed by atoms with Gasteiger partial charge in [-0.1, -0.05) is 46.3 Å². The van der Waals surface area contributed by atoms with E-state index in [-0.39, 0.29) is 6.10 Å². The first-order valence-corrected chi connectivity index (χ1v) is 9.69. The highest BCUT2D eigenvalue weighted by Crippen LogP contribution is 2.63. The molecule has 7 atom stereocenters. The summed E-state index contributed by atoms with van der Waals surface area (Å²) in [6, 6.07) is 0. The fourth-order valence-electron chi connectivity index (χ4n) is 6.85. The van der Waals surface area contributed by atoms with Crippen LogP contribution in [0.4, 0.5) is 0 Å². The lowest BCUT2D eigenvalue weighted by atomic mass is 9.49. The molecule has 3 unspecified atom stereocenters. The zero-order chi connectivity index (χ0) is 16.1. The van der Waals surface area contributed by atoms with Gasteiger partial charge in [-0.25, -0.2) is 0 Å². The third-order valence-corrected chi connectivity index (χ3v) is 8.47. The molecule has 0 aromatic heterocycles. The summed E-state index contributed by atoms with van der Waals surface area (Å²) in [7, 11) is 0. The Morgan fingerprint density at radius 1 is 1.14 bits per heavy atom. The van der Waals surface area contributed by atoms with Gasteiger partial charge in [-0.15, -0.1) is 0 Å². The number of hydrogen-bond donors (Lipinski definition) is 1. The van der Waals surface area contributed by atoms with Crippen molar-refractivity contribution in [1.82, 2.24) is 0 Å². The number of hydrogen-bond acceptors (Lipinski definition) is 1. The molecule has 0 aromatic rings. The van der Waals surface area contributed by atoms with E-state index in [1.54, 1.807) is 0 Å². The van der Waals surface area contributed by atoms with Crippen LogP contribution in [-0.4, -0.2) is 11.2 Å². The quantitative estimate of drug-likeness (QED) is 0.660. The summed E-state index contributed by atoms with van der Waals surface area (Å²) in [4.78, 5) is 0. The second kappa shape index (κ2) is 5.65. The molecular weight excluding hydrogens is 268 g/mol. The fourth-order valence-corrected chi connectivity index (χ4v) is 6.85. The van der Waals surface area contributed by atoms with Gasteiger partial charge in [-0.3, -0.25) is 0 Å². The maximum atomic E-state index is 10.1. The van der Waals surface area contributed by atoms with Crippen LogP contribution in [0, 0.1) is 34.5 Å². The molecule has 0 aromatic carbocycles. The Morgan fingerprint density at radius 3 is 2.55 bits per heavy atom. The van der Waals surface area contributed by atoms with Gasteiger partial charge >= 0.3 is 0 Å². The normalized spacial score (nSPS) is 52.6. The first kappa shape index (κ1) is 16.6. The summed E-state index contributed by atoms with van der Waals surface area (Å²) in [5.74, 6) is 3.21. The van der Waals surface area contributed by atoms with E-state index in [4.69, 9.17) is 0 Å². The highest BCUT2D eigenvalue weighted by Gasteiger charge is 2.55. The summed E-state index contributed by atoms with van der Waals surface area (Å²) < 4.78 is 0. The topological polar surface area (TPSA) is 20.2 Å². The monoisotopic (exact) mass is 304 g/mol. The van der Waals surface area contributed by atoms with E-state index in [1.807, 2.05) is 0 Å². The summed E-state index contributed by atoms with van der Waals surface area (Å²) in [5.41, 5.74) is 2.39. The standard InChI is InChI=1S/C21H36O/c1-6-16-13-17(22)9-11-21(16,5)19-10-12-20(4)14(2)7-8-18(20)15(19)3/h15-19,22H,2,6-13H2,1,3-5H3/t15?,16-,17-,18?,19?,20+,21-/m0/s1. The van der Waals surface area contributed by atoms with E-state index in [2.05, 4.69) is 34.3 Å². The van der Waals surface area contributed by atoms with Crippen LogP contribution in [0.5, 0.6) is 0 Å². The Balaban J connectivity index is 1.85. The van der Waals surface area contributed by atoms with E-state index in [0.29, 0.717) is 16.7 Å². The fraction of sp³-hybridized carbons (Fsp3) is 0.905. The van der Waals surface area contributed by atoms with Crippen molar-refractivity contribution in [2.75, 3.05) is 0 Å². The number of fused-ring (bicyclic) bond motifs is 1. The lowest BCUT2D eigenvalue weighted by Gasteiger charge is -2.56. The van der Waals surface area contributed by atoms with Crippen molar-refractivity contribution in [3.05, 3.63) is 12.2 Å². The number of rotatable bonds is 2. The molecule has 3 aliphatic rings. The van der Waals surface area contributed by atoms with E-state index >= 15 is 0 Å². The third-order valence-electron chi connectivity index (χ3n) is 8.47. The van der Waals surface area contributed by atoms with Crippen molar-refractivity contribution in [1.29, 1.82) is 0 Å². The van der Waals surface area contributed by atoms with Crippen molar-refractivity contribution in [3.8, 4) is 0 Å². The molecule has 3 rings (SSSR count). The van der Waals surface area contributed by atoms with Crippen molar-refractivity contribution in [3.63, 3.8) is 0 Å². The molecule has 3 aliphatic carbocycles. The average Bonchev–Trinajstić information content (AvgIpc) is 2.78. The van der Waals surface area contributed by atoms with Crippen LogP contribution < -0.4 is 0 Å². The molecule has 0 saturated heterocycles. The minimum Gasteiger partial charge on any atom is -0.393 e. The predicted molar refractivity (Wildman–Crippen MR) is 93.6 cm³/mol. The van der Waals surface area contributed by atoms with E-state index < -0.39 is 0 Å². The molecule has 126 valence electrons. The minimum absolute atomic E-state index is 0.0477. The van der Waals surface area contributed by atoms with Gasteiger partial charge in [0.05, 0.1) is 6.10 Å². The molecular formula is C21H36O. The Labute approximate surface area is 137 Å². The summed E-state index contributed by atoms with van der Waals surface area (Å²) in [6.45, 7) is 14.3. The van der Waals surface area contributed by atoms with Crippen molar-refractivity contribution in [2.24, 2.45) is 34.5 Å². The maximum absolute atomic E-state index is 10.1. The summed E-state index contributed by atoms with van der Waals surface area (Å²) in [5, 5.41) is 10.1. The lowest BCUT2D eigenvalue weighted by molar-refractivity contribution is -0.0773. The first-order valence-electron chi connectivity index (χ1n) is 9.69. The van der Waals surface area contributed by atoms with Gasteiger partial charge in [0.1, 0.15) is 0 Å². The van der Waals surface area contributed by atoms with Gasteiger partial charge in [0.25, 0.3) is 0 Å². The molecule has 1 nitrogen and oxygen atoms in total. The maximum Gasteiger partial charge on any atom is 0.0543 e. The molecule has 0 spiro atoms. The van der Waals surface area contributed by atoms with Crippen LogP contribution in [0.2, 0.25) is 0 Å². The van der Waals surface area contributed by atoms with Crippen LogP contribution in [0.3, 0.4) is 0 Å². The average molecular weight is 305 g/mol. The van der Waals surface area contributed by atoms with E-state index in [9.17, 15) is 5.11 Å². The molecule has 22 heavy (non-hydrogen) atoms. The number of aliphatic hydroxyl groups is 1. The third kappa shape index (κ3) is 2.30. The van der Waals surface area contributed by atoms with E-state index in [0.717, 1.165) is 30.6 Å². The zero-order valence-corrected chi connectivity index (χ0v) is 15.2. The number of aliphatic hydroxyl groups excluding tert-OH is 1. The highest BCUT2D eigenvalue weighted by atomic mass is 16.3. The van der Waals surface area contributed by atoms with Crippen LogP contribution >= 0.6 is 0 Å². The zero-order valence-electron chi connectivity index (χ0n) is 15.2. The van der Waals surface area contributed by atoms with Crippen molar-refractivity contribution >= 4 is 0 Å². The molecule has 1 N–H and O–H groups in total. The van der Waals surface area contributed by atoms with Gasteiger partial charge in [-0.05, 0) is 79.4 Å². The molecule has 0 bridgehead atoms. The molecule has 0 aliphatic heterocycles. The van der Waals surface area contributed by atoms with Gasteiger partial charge in [0.2, 0.25) is 0 Å². The van der Waals surface area contributed by atoms with Crippen LogP contribution in [-0.2, 0) is 0 Å². The Morgan fingerprint density at radius 2 is 1.86 bits per heavy atom. The van der Waals surface area contributed by atoms with Crippen molar-refractivity contribution in [2.45, 2.75) is 85.2 Å². The second-order valence-electron chi connectivity index (χ2n) is 9.21. The summed E-state index contributed by atoms with van der Waals surface area (Å²) >= 11 is 0. The first-order chi connectivity index (χ1) is 10.3. The van der Waals surface area contributed by atoms with Gasteiger partial charge < -0.3 is 5.11 Å². The van der Waals surface area contributed by atoms with Gasteiger partial charge in [0.15, 0.2) is 0 Å². The summed E-state index contributed by atoms with van der Waals surface area (Å²) in [6.07, 6.45) is 9.80. The Bertz CT molecular complexity index is 441. The van der Waals surface area contributed by atoms with Crippen LogP contribution in [0.25, 0.3) is 0 Å². The molecule has 0 heterocycles. The molecule has 3 saturated carbocycles. The SMILES string of the molecule is C=C1CCC2C(C)C([C@@]3(C)CC[C@H](O)C[C@@H]3CC)CC[C@]12C. The van der Waals surface area contributed by atoms with E-state index in [1.165, 1.54) is 44.1 Å². The van der Waals surface area contributed by atoms with Crippen molar-refractivity contribution < 1.29 is 5.11 Å².